The second-order valence-electron chi connectivity index (χ2n) is 8.39. The van der Waals surface area contributed by atoms with Gasteiger partial charge in [0.15, 0.2) is 5.69 Å². The number of sulfonamides is 1. The normalized spacial score (nSPS) is 25.3. The molecule has 3 heterocycles. The predicted molar refractivity (Wildman–Crippen MR) is 104 cm³/mol. The SMILES string of the molecule is CC(C)[C@H]1C(=O)N(S(C)(=O)=O)[C@H]2CCN(C(=O)c3cc(CN(C)C)n(C)n3)[C@H]12. The van der Waals surface area contributed by atoms with E-state index in [0.717, 1.165) is 16.3 Å². The van der Waals surface area contributed by atoms with Crippen LogP contribution in [0.2, 0.25) is 0 Å². The molecule has 0 N–H and O–H groups in total. The highest BCUT2D eigenvalue weighted by atomic mass is 32.2. The van der Waals surface area contributed by atoms with Crippen molar-refractivity contribution >= 4 is 21.8 Å². The Morgan fingerprint density at radius 3 is 2.54 bits per heavy atom. The molecule has 0 unspecified atom stereocenters. The molecule has 0 radical (unpaired) electrons. The van der Waals surface area contributed by atoms with Crippen LogP contribution in [-0.4, -0.2) is 83.1 Å². The van der Waals surface area contributed by atoms with Crippen molar-refractivity contribution in [2.45, 2.75) is 38.9 Å². The molecule has 2 aliphatic rings. The average molecular weight is 412 g/mol. The summed E-state index contributed by atoms with van der Waals surface area (Å²) in [5.74, 6) is -1.26. The average Bonchev–Trinajstić information content (AvgIpc) is 3.17. The van der Waals surface area contributed by atoms with E-state index in [1.807, 2.05) is 32.8 Å². The molecule has 2 fully saturated rings. The first kappa shape index (κ1) is 20.8. The zero-order chi connectivity index (χ0) is 21.0. The van der Waals surface area contributed by atoms with Gasteiger partial charge >= 0.3 is 0 Å². The second-order valence-corrected chi connectivity index (χ2v) is 10.3. The fraction of sp³-hybridized carbons (Fsp3) is 0.722. The van der Waals surface area contributed by atoms with Gasteiger partial charge in [0, 0.05) is 20.1 Å². The number of aryl methyl sites for hydroxylation is 1. The Morgan fingerprint density at radius 1 is 1.36 bits per heavy atom. The molecule has 0 aromatic carbocycles. The van der Waals surface area contributed by atoms with Crippen LogP contribution in [0.1, 0.15) is 36.5 Å². The highest BCUT2D eigenvalue weighted by Crippen LogP contribution is 2.41. The Morgan fingerprint density at radius 2 is 2.00 bits per heavy atom. The van der Waals surface area contributed by atoms with Crippen molar-refractivity contribution in [1.82, 2.24) is 23.9 Å². The number of carbonyl (C=O) groups excluding carboxylic acids is 2. The monoisotopic (exact) mass is 411 g/mol. The van der Waals surface area contributed by atoms with Crippen molar-refractivity contribution in [2.75, 3.05) is 26.9 Å². The second kappa shape index (κ2) is 7.14. The van der Waals surface area contributed by atoms with E-state index in [-0.39, 0.29) is 11.8 Å². The van der Waals surface area contributed by atoms with Gasteiger partial charge in [0.05, 0.1) is 30.0 Å². The van der Waals surface area contributed by atoms with Crippen molar-refractivity contribution in [3.63, 3.8) is 0 Å². The van der Waals surface area contributed by atoms with Crippen LogP contribution in [0.25, 0.3) is 0 Å². The summed E-state index contributed by atoms with van der Waals surface area (Å²) in [5.41, 5.74) is 1.23. The molecule has 28 heavy (non-hydrogen) atoms. The van der Waals surface area contributed by atoms with E-state index in [2.05, 4.69) is 5.10 Å². The lowest BCUT2D eigenvalue weighted by Gasteiger charge is -2.28. The summed E-state index contributed by atoms with van der Waals surface area (Å²) in [6.45, 7) is 4.85. The molecule has 3 rings (SSSR count). The molecule has 1 aromatic rings. The van der Waals surface area contributed by atoms with Gasteiger partial charge in [0.1, 0.15) is 0 Å². The van der Waals surface area contributed by atoms with Gasteiger partial charge in [-0.15, -0.1) is 0 Å². The first-order chi connectivity index (χ1) is 12.9. The molecule has 0 bridgehead atoms. The van der Waals surface area contributed by atoms with Gasteiger partial charge < -0.3 is 9.80 Å². The van der Waals surface area contributed by atoms with Gasteiger partial charge in [-0.1, -0.05) is 13.8 Å². The zero-order valence-corrected chi connectivity index (χ0v) is 18.1. The summed E-state index contributed by atoms with van der Waals surface area (Å²) in [6, 6.07) is 0.823. The quantitative estimate of drug-likeness (QED) is 0.684. The Labute approximate surface area is 166 Å². The van der Waals surface area contributed by atoms with Crippen LogP contribution in [0.3, 0.4) is 0 Å². The van der Waals surface area contributed by atoms with Crippen LogP contribution in [0.4, 0.5) is 0 Å². The van der Waals surface area contributed by atoms with E-state index < -0.39 is 33.9 Å². The molecule has 156 valence electrons. The Kier molecular flexibility index (Phi) is 5.30. The fourth-order valence-electron chi connectivity index (χ4n) is 4.50. The fourth-order valence-corrected chi connectivity index (χ4v) is 5.67. The standard InChI is InChI=1S/C18H29N5O4S/c1-11(2)15-16-14(23(18(15)25)28(6,26)27)7-8-22(16)17(24)13-9-12(10-20(3)4)21(5)19-13/h9,11,14-16H,7-8,10H2,1-6H3/t14-,15+,16-/m0/s1. The first-order valence-electron chi connectivity index (χ1n) is 9.45. The molecule has 2 saturated heterocycles. The van der Waals surface area contributed by atoms with Crippen molar-refractivity contribution in [2.24, 2.45) is 18.9 Å². The topological polar surface area (TPSA) is 95.8 Å². The van der Waals surface area contributed by atoms with E-state index in [4.69, 9.17) is 0 Å². The number of carbonyl (C=O) groups is 2. The first-order valence-corrected chi connectivity index (χ1v) is 11.3. The summed E-state index contributed by atoms with van der Waals surface area (Å²) in [5, 5.41) is 4.36. The van der Waals surface area contributed by atoms with E-state index in [1.54, 1.807) is 22.7 Å². The number of nitrogens with zero attached hydrogens (tertiary/aromatic N) is 5. The van der Waals surface area contributed by atoms with Crippen LogP contribution in [-0.2, 0) is 28.4 Å². The number of amides is 2. The summed E-state index contributed by atoms with van der Waals surface area (Å²) in [4.78, 5) is 29.7. The van der Waals surface area contributed by atoms with E-state index >= 15 is 0 Å². The van der Waals surface area contributed by atoms with Gasteiger partial charge in [0.2, 0.25) is 15.9 Å². The molecule has 0 aliphatic carbocycles. The Bertz CT molecular complexity index is 892. The molecule has 10 heteroatoms. The largest absolute Gasteiger partial charge is 0.331 e. The minimum Gasteiger partial charge on any atom is -0.331 e. The highest BCUT2D eigenvalue weighted by molar-refractivity contribution is 7.88. The minimum absolute atomic E-state index is 0.0758. The van der Waals surface area contributed by atoms with Gasteiger partial charge in [0.25, 0.3) is 5.91 Å². The number of rotatable bonds is 5. The molecule has 9 nitrogen and oxygen atoms in total. The summed E-state index contributed by atoms with van der Waals surface area (Å²) < 4.78 is 27.2. The lowest BCUT2D eigenvalue weighted by molar-refractivity contribution is -0.129. The van der Waals surface area contributed by atoms with Crippen molar-refractivity contribution < 1.29 is 18.0 Å². The smallest absolute Gasteiger partial charge is 0.274 e. The van der Waals surface area contributed by atoms with Crippen LogP contribution < -0.4 is 0 Å². The maximum atomic E-state index is 13.2. The molecular weight excluding hydrogens is 382 g/mol. The minimum atomic E-state index is -3.68. The number of likely N-dealkylation sites (tertiary alicyclic amines) is 1. The number of aromatic nitrogens is 2. The summed E-state index contributed by atoms with van der Waals surface area (Å²) in [7, 11) is 2.00. The summed E-state index contributed by atoms with van der Waals surface area (Å²) >= 11 is 0. The van der Waals surface area contributed by atoms with Crippen LogP contribution >= 0.6 is 0 Å². The van der Waals surface area contributed by atoms with Gasteiger partial charge in [-0.25, -0.2) is 12.7 Å². The third kappa shape index (κ3) is 3.43. The maximum absolute atomic E-state index is 13.2. The van der Waals surface area contributed by atoms with E-state index in [1.165, 1.54) is 0 Å². The molecule has 3 atom stereocenters. The van der Waals surface area contributed by atoms with E-state index in [9.17, 15) is 18.0 Å². The van der Waals surface area contributed by atoms with Crippen LogP contribution in [0.5, 0.6) is 0 Å². The molecule has 2 aliphatic heterocycles. The highest BCUT2D eigenvalue weighted by Gasteiger charge is 2.58. The van der Waals surface area contributed by atoms with Crippen LogP contribution in [0.15, 0.2) is 6.07 Å². The summed E-state index contributed by atoms with van der Waals surface area (Å²) in [6.07, 6.45) is 1.51. The third-order valence-corrected chi connectivity index (χ3v) is 6.77. The maximum Gasteiger partial charge on any atom is 0.274 e. The van der Waals surface area contributed by atoms with Gasteiger partial charge in [-0.3, -0.25) is 14.3 Å². The van der Waals surface area contributed by atoms with Crippen molar-refractivity contribution in [1.29, 1.82) is 0 Å². The molecule has 1 aromatic heterocycles. The van der Waals surface area contributed by atoms with Crippen molar-refractivity contribution in [3.05, 3.63) is 17.5 Å². The Balaban J connectivity index is 1.94. The third-order valence-electron chi connectivity index (χ3n) is 5.60. The number of hydrogen-bond acceptors (Lipinski definition) is 6. The molecule has 0 spiro atoms. The predicted octanol–water partition coefficient (Wildman–Crippen LogP) is 0.139. The zero-order valence-electron chi connectivity index (χ0n) is 17.3. The van der Waals surface area contributed by atoms with Gasteiger partial charge in [-0.05, 0) is 32.5 Å². The molecular formula is C18H29N5O4S. The van der Waals surface area contributed by atoms with Gasteiger partial charge in [-0.2, -0.15) is 5.10 Å². The Hall–Kier alpha value is -1.94. The lowest BCUT2D eigenvalue weighted by atomic mass is 9.88. The lowest BCUT2D eigenvalue weighted by Crippen LogP contribution is -2.44. The molecule has 2 amide bonds. The molecule has 0 saturated carbocycles. The number of hydrogen-bond donors (Lipinski definition) is 0. The van der Waals surface area contributed by atoms with Crippen molar-refractivity contribution in [3.8, 4) is 0 Å². The van der Waals surface area contributed by atoms with Crippen LogP contribution in [0, 0.1) is 11.8 Å². The number of fused-ring (bicyclic) bond motifs is 1. The van der Waals surface area contributed by atoms with E-state index in [0.29, 0.717) is 25.2 Å².